The highest BCUT2D eigenvalue weighted by molar-refractivity contribution is 7.99. The summed E-state index contributed by atoms with van der Waals surface area (Å²) in [5, 5.41) is 12.8. The van der Waals surface area contributed by atoms with Crippen molar-refractivity contribution in [1.82, 2.24) is 24.5 Å². The summed E-state index contributed by atoms with van der Waals surface area (Å²) in [4.78, 5) is 25.6. The van der Waals surface area contributed by atoms with Crippen molar-refractivity contribution in [3.8, 4) is 5.69 Å². The molecule has 8 heteroatoms. The van der Waals surface area contributed by atoms with Crippen LogP contribution in [0.1, 0.15) is 24.0 Å². The molecule has 152 valence electrons. The lowest BCUT2D eigenvalue weighted by Crippen LogP contribution is -2.27. The van der Waals surface area contributed by atoms with Crippen molar-refractivity contribution in [2.24, 2.45) is 0 Å². The lowest BCUT2D eigenvalue weighted by atomic mass is 10.1. The van der Waals surface area contributed by atoms with Crippen molar-refractivity contribution in [3.05, 3.63) is 63.9 Å². The summed E-state index contributed by atoms with van der Waals surface area (Å²) in [6.07, 6.45) is 2.11. The molecular weight excluding hydrogens is 398 g/mol. The highest BCUT2D eigenvalue weighted by Gasteiger charge is 2.24. The highest BCUT2D eigenvalue weighted by atomic mass is 32.2. The van der Waals surface area contributed by atoms with Gasteiger partial charge in [0.1, 0.15) is 0 Å². The van der Waals surface area contributed by atoms with Gasteiger partial charge in [-0.05, 0) is 56.0 Å². The normalized spacial score (nSPS) is 13.8. The standard InChI is InChI=1S/C22H21N5O2S/c1-13-7-8-14(2)18(11-13)26-20(29)16-5-3-4-6-17(16)27-21(26)24-25-22(27)30-12-19(28)23-15-9-10-15/h3-8,11,15H,9-10,12H2,1-2H3,(H,23,28). The Hall–Kier alpha value is -3.13. The lowest BCUT2D eigenvalue weighted by Gasteiger charge is -2.14. The minimum absolute atomic E-state index is 0.00796. The number of nitrogens with zero attached hydrogens (tertiary/aromatic N) is 4. The molecule has 2 aromatic heterocycles. The van der Waals surface area contributed by atoms with E-state index in [0.29, 0.717) is 22.4 Å². The average molecular weight is 420 g/mol. The van der Waals surface area contributed by atoms with Gasteiger partial charge in [-0.25, -0.2) is 4.57 Å². The number of benzene rings is 2. The maximum Gasteiger partial charge on any atom is 0.267 e. The summed E-state index contributed by atoms with van der Waals surface area (Å²) in [7, 11) is 0. The second-order valence-electron chi connectivity index (χ2n) is 7.70. The number of rotatable bonds is 5. The van der Waals surface area contributed by atoms with Crippen LogP contribution in [0.4, 0.5) is 0 Å². The number of nitrogens with one attached hydrogen (secondary N) is 1. The predicted octanol–water partition coefficient (Wildman–Crippen LogP) is 3.02. The third-order valence-electron chi connectivity index (χ3n) is 5.28. The molecule has 1 N–H and O–H groups in total. The molecule has 0 bridgehead atoms. The number of amides is 1. The molecule has 0 atom stereocenters. The van der Waals surface area contributed by atoms with E-state index in [1.807, 2.05) is 60.7 Å². The molecule has 0 aliphatic heterocycles. The minimum Gasteiger partial charge on any atom is -0.353 e. The summed E-state index contributed by atoms with van der Waals surface area (Å²) >= 11 is 1.33. The van der Waals surface area contributed by atoms with E-state index in [1.54, 1.807) is 4.57 Å². The number of hydrogen-bond donors (Lipinski definition) is 1. The van der Waals surface area contributed by atoms with Crippen LogP contribution < -0.4 is 10.9 Å². The number of hydrogen-bond acceptors (Lipinski definition) is 5. The molecule has 1 saturated carbocycles. The van der Waals surface area contributed by atoms with Gasteiger partial charge in [-0.15, -0.1) is 10.2 Å². The van der Waals surface area contributed by atoms with Crippen molar-refractivity contribution >= 4 is 34.3 Å². The summed E-state index contributed by atoms with van der Waals surface area (Å²) < 4.78 is 3.49. The Morgan fingerprint density at radius 1 is 1.17 bits per heavy atom. The van der Waals surface area contributed by atoms with E-state index < -0.39 is 0 Å². The molecular formula is C22H21N5O2S. The maximum absolute atomic E-state index is 13.4. The second-order valence-corrected chi connectivity index (χ2v) is 8.64. The zero-order valence-electron chi connectivity index (χ0n) is 16.8. The zero-order chi connectivity index (χ0) is 20.8. The summed E-state index contributed by atoms with van der Waals surface area (Å²) in [5.41, 5.74) is 3.41. The molecule has 2 aromatic carbocycles. The molecule has 30 heavy (non-hydrogen) atoms. The number of aryl methyl sites for hydroxylation is 2. The first kappa shape index (κ1) is 18.9. The van der Waals surface area contributed by atoms with Gasteiger partial charge in [0.05, 0.1) is 22.3 Å². The van der Waals surface area contributed by atoms with Crippen LogP contribution in [0, 0.1) is 13.8 Å². The van der Waals surface area contributed by atoms with E-state index in [4.69, 9.17) is 0 Å². The minimum atomic E-state index is -0.137. The van der Waals surface area contributed by atoms with Crippen LogP contribution in [0.3, 0.4) is 0 Å². The molecule has 2 heterocycles. The number of fused-ring (bicyclic) bond motifs is 3. The summed E-state index contributed by atoms with van der Waals surface area (Å²) in [6.45, 7) is 3.97. The van der Waals surface area contributed by atoms with Crippen LogP contribution in [0.5, 0.6) is 0 Å². The maximum atomic E-state index is 13.4. The first-order chi connectivity index (χ1) is 14.5. The molecule has 5 rings (SSSR count). The van der Waals surface area contributed by atoms with E-state index in [9.17, 15) is 9.59 Å². The molecule has 1 amide bonds. The van der Waals surface area contributed by atoms with Gasteiger partial charge in [-0.1, -0.05) is 36.0 Å². The van der Waals surface area contributed by atoms with Crippen molar-refractivity contribution < 1.29 is 4.79 Å². The Labute approximate surface area is 177 Å². The Balaban J connectivity index is 1.69. The zero-order valence-corrected chi connectivity index (χ0v) is 17.6. The van der Waals surface area contributed by atoms with E-state index >= 15 is 0 Å². The van der Waals surface area contributed by atoms with E-state index in [1.165, 1.54) is 11.8 Å². The van der Waals surface area contributed by atoms with Crippen LogP contribution in [0.2, 0.25) is 0 Å². The Kier molecular flexibility index (Phi) is 4.58. The molecule has 1 aliphatic rings. The highest BCUT2D eigenvalue weighted by Crippen LogP contribution is 2.25. The van der Waals surface area contributed by atoms with Crippen molar-refractivity contribution in [1.29, 1.82) is 0 Å². The predicted molar refractivity (Wildman–Crippen MR) is 117 cm³/mol. The van der Waals surface area contributed by atoms with Gasteiger partial charge >= 0.3 is 0 Å². The topological polar surface area (TPSA) is 81.3 Å². The molecule has 1 fully saturated rings. The molecule has 4 aromatic rings. The smallest absolute Gasteiger partial charge is 0.267 e. The van der Waals surface area contributed by atoms with Crippen LogP contribution in [0.15, 0.2) is 52.4 Å². The van der Waals surface area contributed by atoms with Gasteiger partial charge in [-0.2, -0.15) is 0 Å². The Morgan fingerprint density at radius 2 is 1.97 bits per heavy atom. The van der Waals surface area contributed by atoms with Crippen molar-refractivity contribution in [2.45, 2.75) is 37.9 Å². The van der Waals surface area contributed by atoms with Crippen molar-refractivity contribution in [2.75, 3.05) is 5.75 Å². The summed E-state index contributed by atoms with van der Waals surface area (Å²) in [6, 6.07) is 13.8. The monoisotopic (exact) mass is 419 g/mol. The molecule has 7 nitrogen and oxygen atoms in total. The van der Waals surface area contributed by atoms with E-state index in [0.717, 1.165) is 35.2 Å². The molecule has 0 radical (unpaired) electrons. The number of thioether (sulfide) groups is 1. The lowest BCUT2D eigenvalue weighted by molar-refractivity contribution is -0.118. The van der Waals surface area contributed by atoms with Crippen LogP contribution in [-0.2, 0) is 4.79 Å². The van der Waals surface area contributed by atoms with Gasteiger partial charge in [0.2, 0.25) is 11.7 Å². The third kappa shape index (κ3) is 3.27. The number of aromatic nitrogens is 4. The van der Waals surface area contributed by atoms with E-state index in [2.05, 4.69) is 15.5 Å². The molecule has 0 spiro atoms. The van der Waals surface area contributed by atoms with Gasteiger partial charge < -0.3 is 5.32 Å². The van der Waals surface area contributed by atoms with Crippen LogP contribution in [-0.4, -0.2) is 36.9 Å². The fourth-order valence-corrected chi connectivity index (χ4v) is 4.33. The Bertz CT molecular complexity index is 1350. The van der Waals surface area contributed by atoms with E-state index in [-0.39, 0.29) is 17.2 Å². The molecule has 0 unspecified atom stereocenters. The van der Waals surface area contributed by atoms with Crippen LogP contribution in [0.25, 0.3) is 22.4 Å². The van der Waals surface area contributed by atoms with Gasteiger partial charge in [0.25, 0.3) is 5.56 Å². The SMILES string of the molecule is Cc1ccc(C)c(-n2c(=O)c3ccccc3n3c(SCC(=O)NC4CC4)nnc23)c1. The largest absolute Gasteiger partial charge is 0.353 e. The first-order valence-electron chi connectivity index (χ1n) is 9.91. The van der Waals surface area contributed by atoms with Crippen molar-refractivity contribution in [3.63, 3.8) is 0 Å². The number of carbonyl (C=O) groups is 1. The Morgan fingerprint density at radius 3 is 2.77 bits per heavy atom. The van der Waals surface area contributed by atoms with Gasteiger partial charge in [-0.3, -0.25) is 14.0 Å². The fraction of sp³-hybridized carbons (Fsp3) is 0.273. The van der Waals surface area contributed by atoms with Gasteiger partial charge in [0.15, 0.2) is 5.16 Å². The number of carbonyl (C=O) groups excluding carboxylic acids is 1. The molecule has 0 saturated heterocycles. The quantitative estimate of drug-likeness (QED) is 0.503. The third-order valence-corrected chi connectivity index (χ3v) is 6.20. The average Bonchev–Trinajstić information content (AvgIpc) is 3.45. The van der Waals surface area contributed by atoms with Gasteiger partial charge in [0, 0.05) is 6.04 Å². The first-order valence-corrected chi connectivity index (χ1v) is 10.9. The molecule has 1 aliphatic carbocycles. The fourth-order valence-electron chi connectivity index (χ4n) is 3.58. The number of para-hydroxylation sites is 1. The summed E-state index contributed by atoms with van der Waals surface area (Å²) in [5.74, 6) is 0.692. The second kappa shape index (κ2) is 7.28. The van der Waals surface area contributed by atoms with Crippen LogP contribution >= 0.6 is 11.8 Å².